The summed E-state index contributed by atoms with van der Waals surface area (Å²) < 4.78 is 12.3. The molecule has 0 atom stereocenters. The summed E-state index contributed by atoms with van der Waals surface area (Å²) in [5.41, 5.74) is -0.0417. The fraction of sp³-hybridized carbons (Fsp3) is 0.222. The summed E-state index contributed by atoms with van der Waals surface area (Å²) in [6.45, 7) is 4.00. The van der Waals surface area contributed by atoms with E-state index in [1.165, 1.54) is 0 Å². The van der Waals surface area contributed by atoms with Gasteiger partial charge in [0.15, 0.2) is 0 Å². The molecule has 0 heterocycles. The fourth-order valence-corrected chi connectivity index (χ4v) is 0.598. The molecule has 0 aromatic heterocycles. The van der Waals surface area contributed by atoms with Gasteiger partial charge < -0.3 is 5.11 Å². The Kier molecular flexibility index (Phi) is 4.47. The van der Waals surface area contributed by atoms with Gasteiger partial charge in [0.2, 0.25) is 0 Å². The highest BCUT2D eigenvalue weighted by molar-refractivity contribution is 5.41. The molecule has 3 heteroatoms. The molecule has 0 saturated carbocycles. The van der Waals surface area contributed by atoms with E-state index >= 15 is 0 Å². The molecule has 0 fully saturated rings. The van der Waals surface area contributed by atoms with Crippen molar-refractivity contribution in [2.24, 2.45) is 0 Å². The minimum absolute atomic E-state index is 0.0417. The lowest BCUT2D eigenvalue weighted by atomic mass is 10.2. The monoisotopic (exact) mass is 167 g/mol. The van der Waals surface area contributed by atoms with E-state index in [0.717, 1.165) is 18.2 Å². The molecule has 12 heavy (non-hydrogen) atoms. The van der Waals surface area contributed by atoms with Crippen LogP contribution >= 0.6 is 0 Å². The summed E-state index contributed by atoms with van der Waals surface area (Å²) in [4.78, 5) is 0. The molecule has 0 amide bonds. The van der Waals surface area contributed by atoms with Gasteiger partial charge in [0.25, 0.3) is 0 Å². The van der Waals surface area contributed by atoms with Gasteiger partial charge in [0.05, 0.1) is 5.56 Å². The van der Waals surface area contributed by atoms with Crippen LogP contribution in [-0.2, 0) is 0 Å². The van der Waals surface area contributed by atoms with Crippen molar-refractivity contribution in [3.8, 4) is 11.8 Å². The molecule has 1 rings (SSSR count). The first-order valence-electron chi connectivity index (χ1n) is 3.62. The number of halogens is 1. The van der Waals surface area contributed by atoms with Crippen molar-refractivity contribution < 1.29 is 9.50 Å². The quantitative estimate of drug-likeness (QED) is 0.644. The molecule has 0 aliphatic carbocycles. The average Bonchev–Trinajstić information content (AvgIpc) is 2.13. The molecule has 0 saturated heterocycles. The van der Waals surface area contributed by atoms with Crippen LogP contribution < -0.4 is 0 Å². The van der Waals surface area contributed by atoms with Gasteiger partial charge in [-0.3, -0.25) is 0 Å². The Morgan fingerprint density at radius 3 is 2.42 bits per heavy atom. The summed E-state index contributed by atoms with van der Waals surface area (Å²) in [6.07, 6.45) is 0. The summed E-state index contributed by atoms with van der Waals surface area (Å²) in [6, 6.07) is 4.87. The molecule has 2 nitrogen and oxygen atoms in total. The lowest BCUT2D eigenvalue weighted by molar-refractivity contribution is 0.471. The van der Waals surface area contributed by atoms with E-state index in [1.54, 1.807) is 6.07 Å². The fourth-order valence-electron chi connectivity index (χ4n) is 0.598. The van der Waals surface area contributed by atoms with Crippen LogP contribution in [0.1, 0.15) is 19.4 Å². The molecule has 1 N–H and O–H groups in total. The second-order valence-corrected chi connectivity index (χ2v) is 1.77. The summed E-state index contributed by atoms with van der Waals surface area (Å²) in [5, 5.41) is 17.1. The van der Waals surface area contributed by atoms with E-state index in [2.05, 4.69) is 0 Å². The molecule has 0 aliphatic heterocycles. The lowest BCUT2D eigenvalue weighted by Crippen LogP contribution is -1.78. The van der Waals surface area contributed by atoms with Gasteiger partial charge in [-0.1, -0.05) is 13.8 Å². The summed E-state index contributed by atoms with van der Waals surface area (Å²) >= 11 is 0. The molecule has 1 aromatic rings. The predicted octanol–water partition coefficient (Wildman–Crippen LogP) is 2.43. The van der Waals surface area contributed by atoms with Gasteiger partial charge in [0.1, 0.15) is 17.6 Å². The molecule has 64 valence electrons. The van der Waals surface area contributed by atoms with Crippen LogP contribution in [0.5, 0.6) is 5.75 Å². The Hall–Kier alpha value is -1.56. The van der Waals surface area contributed by atoms with Crippen LogP contribution in [0.25, 0.3) is 0 Å². The molecule has 0 unspecified atom stereocenters. The van der Waals surface area contributed by atoms with Crippen LogP contribution in [0, 0.1) is 17.1 Å². The molecule has 0 spiro atoms. The molecular weight excluding hydrogens is 157 g/mol. The van der Waals surface area contributed by atoms with Gasteiger partial charge in [0, 0.05) is 0 Å². The Bertz CT molecular complexity index is 291. The maximum absolute atomic E-state index is 12.3. The highest BCUT2D eigenvalue weighted by Gasteiger charge is 1.99. The van der Waals surface area contributed by atoms with Crippen molar-refractivity contribution in [2.75, 3.05) is 0 Å². The van der Waals surface area contributed by atoms with Crippen molar-refractivity contribution in [3.63, 3.8) is 0 Å². The number of hydrogen-bond donors (Lipinski definition) is 1. The first-order chi connectivity index (χ1) is 5.74. The Morgan fingerprint density at radius 1 is 1.42 bits per heavy atom. The number of rotatable bonds is 0. The number of nitriles is 1. The highest BCUT2D eigenvalue weighted by atomic mass is 19.1. The normalized spacial score (nSPS) is 7.83. The van der Waals surface area contributed by atoms with Crippen molar-refractivity contribution in [3.05, 3.63) is 29.6 Å². The topological polar surface area (TPSA) is 44.0 Å². The largest absolute Gasteiger partial charge is 0.507 e. The lowest BCUT2D eigenvalue weighted by Gasteiger charge is -1.92. The number of phenolic OH excluding ortho intramolecular Hbond substituents is 1. The van der Waals surface area contributed by atoms with E-state index in [-0.39, 0.29) is 11.3 Å². The summed E-state index contributed by atoms with van der Waals surface area (Å²) in [7, 11) is 0. The second kappa shape index (κ2) is 5.14. The molecule has 0 bridgehead atoms. The van der Waals surface area contributed by atoms with Crippen molar-refractivity contribution >= 4 is 0 Å². The highest BCUT2D eigenvalue weighted by Crippen LogP contribution is 2.15. The first kappa shape index (κ1) is 10.4. The Morgan fingerprint density at radius 2 is 2.00 bits per heavy atom. The first-order valence-corrected chi connectivity index (χ1v) is 3.62. The second-order valence-electron chi connectivity index (χ2n) is 1.77. The van der Waals surface area contributed by atoms with Crippen LogP contribution in [0.2, 0.25) is 0 Å². The van der Waals surface area contributed by atoms with E-state index < -0.39 is 5.82 Å². The standard InChI is InChI=1S/C7H4FNO.C2H6/c8-6-1-2-7(10)5(3-6)4-9;1-2/h1-3,10H;1-2H3. The van der Waals surface area contributed by atoms with Gasteiger partial charge in [-0.25, -0.2) is 4.39 Å². The smallest absolute Gasteiger partial charge is 0.133 e. The summed E-state index contributed by atoms with van der Waals surface area (Å²) in [5.74, 6) is -0.710. The SMILES string of the molecule is CC.N#Cc1cc(F)ccc1O. The maximum atomic E-state index is 12.3. The minimum Gasteiger partial charge on any atom is -0.507 e. The Labute approximate surface area is 70.9 Å². The van der Waals surface area contributed by atoms with Crippen LogP contribution in [0.3, 0.4) is 0 Å². The zero-order valence-corrected chi connectivity index (χ0v) is 7.00. The van der Waals surface area contributed by atoms with Crippen molar-refractivity contribution in [1.82, 2.24) is 0 Å². The minimum atomic E-state index is -0.519. The van der Waals surface area contributed by atoms with E-state index in [4.69, 9.17) is 10.4 Å². The number of phenols is 1. The van der Waals surface area contributed by atoms with Crippen molar-refractivity contribution in [1.29, 1.82) is 5.26 Å². The van der Waals surface area contributed by atoms with Gasteiger partial charge in [-0.05, 0) is 18.2 Å². The number of benzene rings is 1. The van der Waals surface area contributed by atoms with E-state index in [0.29, 0.717) is 0 Å². The average molecular weight is 167 g/mol. The molecule has 0 aliphatic rings. The third kappa shape index (κ3) is 2.59. The van der Waals surface area contributed by atoms with Gasteiger partial charge in [-0.2, -0.15) is 5.26 Å². The molecule has 1 aromatic carbocycles. The molecular formula is C9H10FNO. The van der Waals surface area contributed by atoms with Crippen LogP contribution in [0.15, 0.2) is 18.2 Å². The number of hydrogen-bond acceptors (Lipinski definition) is 2. The van der Waals surface area contributed by atoms with Crippen LogP contribution in [-0.4, -0.2) is 5.11 Å². The van der Waals surface area contributed by atoms with E-state index in [1.807, 2.05) is 13.8 Å². The van der Waals surface area contributed by atoms with Crippen molar-refractivity contribution in [2.45, 2.75) is 13.8 Å². The zero-order chi connectivity index (χ0) is 9.56. The predicted molar refractivity (Wildman–Crippen MR) is 44.1 cm³/mol. The number of nitrogens with zero attached hydrogens (tertiary/aromatic N) is 1. The Balaban J connectivity index is 0.000000561. The maximum Gasteiger partial charge on any atom is 0.133 e. The molecule has 0 radical (unpaired) electrons. The number of aromatic hydroxyl groups is 1. The van der Waals surface area contributed by atoms with Gasteiger partial charge in [-0.15, -0.1) is 0 Å². The third-order valence-corrected chi connectivity index (χ3v) is 1.08. The van der Waals surface area contributed by atoms with E-state index in [9.17, 15) is 4.39 Å². The third-order valence-electron chi connectivity index (χ3n) is 1.08. The van der Waals surface area contributed by atoms with Crippen LogP contribution in [0.4, 0.5) is 4.39 Å². The van der Waals surface area contributed by atoms with Gasteiger partial charge >= 0.3 is 0 Å². The zero-order valence-electron chi connectivity index (χ0n) is 7.00.